The molecule has 0 unspecified atom stereocenters. The highest BCUT2D eigenvalue weighted by Crippen LogP contribution is 2.27. The Morgan fingerprint density at radius 2 is 1.89 bits per heavy atom. The second-order valence-electron chi connectivity index (χ2n) is 4.63. The van der Waals surface area contributed by atoms with Crippen LogP contribution < -0.4 is 5.73 Å². The topological polar surface area (TPSA) is 52.3 Å². The van der Waals surface area contributed by atoms with Crippen LogP contribution in [-0.2, 0) is 9.53 Å². The summed E-state index contributed by atoms with van der Waals surface area (Å²) in [5, 5.41) is 2.29. The molecule has 1 atom stereocenters. The first-order valence-electron chi connectivity index (χ1n) is 6.53. The Kier molecular flexibility index (Phi) is 4.17. The largest absolute Gasteiger partial charge is 0.466 e. The van der Waals surface area contributed by atoms with Gasteiger partial charge in [0.1, 0.15) is 0 Å². The third kappa shape index (κ3) is 2.93. The van der Waals surface area contributed by atoms with E-state index in [1.807, 2.05) is 30.3 Å². The van der Waals surface area contributed by atoms with Gasteiger partial charge >= 0.3 is 5.97 Å². The summed E-state index contributed by atoms with van der Waals surface area (Å²) in [5.41, 5.74) is 8.35. The summed E-state index contributed by atoms with van der Waals surface area (Å²) in [6, 6.07) is 11.8. The summed E-state index contributed by atoms with van der Waals surface area (Å²) in [5.74, 6) is -0.250. The molecular weight excluding hydrogens is 238 g/mol. The van der Waals surface area contributed by atoms with Gasteiger partial charge in [0.05, 0.1) is 13.0 Å². The van der Waals surface area contributed by atoms with Crippen LogP contribution >= 0.6 is 0 Å². The lowest BCUT2D eigenvalue weighted by molar-refractivity contribution is -0.143. The normalized spacial score (nSPS) is 12.4. The Hall–Kier alpha value is -1.87. The number of esters is 1. The minimum atomic E-state index is -0.329. The van der Waals surface area contributed by atoms with Gasteiger partial charge in [-0.3, -0.25) is 4.79 Å². The molecule has 3 heteroatoms. The van der Waals surface area contributed by atoms with E-state index in [4.69, 9.17) is 10.5 Å². The maximum absolute atomic E-state index is 11.5. The van der Waals surface area contributed by atoms with Crippen molar-refractivity contribution in [3.05, 3.63) is 47.5 Å². The lowest BCUT2D eigenvalue weighted by atomic mass is 9.95. The van der Waals surface area contributed by atoms with Crippen LogP contribution in [-0.4, -0.2) is 12.6 Å². The van der Waals surface area contributed by atoms with Crippen LogP contribution in [0.25, 0.3) is 10.8 Å². The van der Waals surface area contributed by atoms with Gasteiger partial charge in [-0.05, 0) is 35.7 Å². The molecule has 0 aliphatic heterocycles. The van der Waals surface area contributed by atoms with Crippen LogP contribution in [0.2, 0.25) is 0 Å². The highest BCUT2D eigenvalue weighted by Gasteiger charge is 2.15. The molecule has 2 aromatic carbocycles. The number of carbonyl (C=O) groups is 1. The standard InChI is InChI=1S/C16H19NO2/c1-3-19-16(18)10-15(17)14-9-8-11(2)12-6-4-5-7-13(12)14/h4-9,15H,3,10,17H2,1-2H3/t15-/m1/s1. The van der Waals surface area contributed by atoms with Gasteiger partial charge in [0.25, 0.3) is 0 Å². The van der Waals surface area contributed by atoms with E-state index in [1.165, 1.54) is 10.9 Å². The van der Waals surface area contributed by atoms with E-state index in [1.54, 1.807) is 6.92 Å². The van der Waals surface area contributed by atoms with Crippen LogP contribution in [0.1, 0.15) is 30.5 Å². The number of fused-ring (bicyclic) bond motifs is 1. The fraction of sp³-hybridized carbons (Fsp3) is 0.312. The third-order valence-electron chi connectivity index (χ3n) is 3.27. The summed E-state index contributed by atoms with van der Waals surface area (Å²) >= 11 is 0. The SMILES string of the molecule is CCOC(=O)C[C@@H](N)c1ccc(C)c2ccccc12. The van der Waals surface area contributed by atoms with Crippen molar-refractivity contribution in [2.75, 3.05) is 6.61 Å². The molecule has 0 fully saturated rings. The third-order valence-corrected chi connectivity index (χ3v) is 3.27. The number of hydrogen-bond acceptors (Lipinski definition) is 3. The summed E-state index contributed by atoms with van der Waals surface area (Å²) < 4.78 is 4.95. The first-order chi connectivity index (χ1) is 9.13. The number of nitrogens with two attached hydrogens (primary N) is 1. The predicted molar refractivity (Wildman–Crippen MR) is 76.9 cm³/mol. The second-order valence-corrected chi connectivity index (χ2v) is 4.63. The van der Waals surface area contributed by atoms with Gasteiger partial charge in [-0.1, -0.05) is 36.4 Å². The molecule has 0 aliphatic rings. The maximum Gasteiger partial charge on any atom is 0.307 e. The number of rotatable bonds is 4. The molecule has 19 heavy (non-hydrogen) atoms. The van der Waals surface area contributed by atoms with E-state index in [2.05, 4.69) is 13.0 Å². The molecule has 2 rings (SSSR count). The Balaban J connectivity index is 2.35. The van der Waals surface area contributed by atoms with Crippen molar-refractivity contribution in [1.29, 1.82) is 0 Å². The van der Waals surface area contributed by atoms with Gasteiger partial charge < -0.3 is 10.5 Å². The van der Waals surface area contributed by atoms with Crippen molar-refractivity contribution in [2.45, 2.75) is 26.3 Å². The molecule has 0 bridgehead atoms. The molecule has 0 amide bonds. The van der Waals surface area contributed by atoms with Crippen LogP contribution in [0.4, 0.5) is 0 Å². The van der Waals surface area contributed by atoms with Crippen LogP contribution in [0.5, 0.6) is 0 Å². The van der Waals surface area contributed by atoms with E-state index >= 15 is 0 Å². The van der Waals surface area contributed by atoms with E-state index in [0.29, 0.717) is 6.61 Å². The van der Waals surface area contributed by atoms with E-state index in [-0.39, 0.29) is 18.4 Å². The number of benzene rings is 2. The molecule has 0 saturated heterocycles. The quantitative estimate of drug-likeness (QED) is 0.856. The molecular formula is C16H19NO2. The Morgan fingerprint density at radius 3 is 2.58 bits per heavy atom. The number of aryl methyl sites for hydroxylation is 1. The monoisotopic (exact) mass is 257 g/mol. The minimum absolute atomic E-state index is 0.209. The lowest BCUT2D eigenvalue weighted by Crippen LogP contribution is -2.17. The first-order valence-corrected chi connectivity index (χ1v) is 6.53. The van der Waals surface area contributed by atoms with Crippen molar-refractivity contribution >= 4 is 16.7 Å². The van der Waals surface area contributed by atoms with E-state index in [0.717, 1.165) is 10.9 Å². The van der Waals surface area contributed by atoms with Gasteiger partial charge in [0, 0.05) is 6.04 Å². The number of ether oxygens (including phenoxy) is 1. The fourth-order valence-corrected chi connectivity index (χ4v) is 2.31. The van der Waals surface area contributed by atoms with Crippen molar-refractivity contribution in [1.82, 2.24) is 0 Å². The molecule has 3 nitrogen and oxygen atoms in total. The molecule has 2 aromatic rings. The van der Waals surface area contributed by atoms with Crippen LogP contribution in [0.3, 0.4) is 0 Å². The Bertz CT molecular complexity index is 592. The summed E-state index contributed by atoms with van der Waals surface area (Å²) in [6.45, 7) is 4.26. The first kappa shape index (κ1) is 13.6. The van der Waals surface area contributed by atoms with Crippen LogP contribution in [0, 0.1) is 6.92 Å². The molecule has 2 N–H and O–H groups in total. The van der Waals surface area contributed by atoms with Crippen LogP contribution in [0.15, 0.2) is 36.4 Å². The number of hydrogen-bond donors (Lipinski definition) is 1. The average molecular weight is 257 g/mol. The van der Waals surface area contributed by atoms with Crippen molar-refractivity contribution in [3.8, 4) is 0 Å². The molecule has 0 spiro atoms. The fourth-order valence-electron chi connectivity index (χ4n) is 2.31. The minimum Gasteiger partial charge on any atom is -0.466 e. The lowest BCUT2D eigenvalue weighted by Gasteiger charge is -2.15. The predicted octanol–water partition coefficient (Wildman–Crippen LogP) is 3.10. The van der Waals surface area contributed by atoms with Crippen molar-refractivity contribution in [3.63, 3.8) is 0 Å². The van der Waals surface area contributed by atoms with E-state index in [9.17, 15) is 4.79 Å². The van der Waals surface area contributed by atoms with Crippen molar-refractivity contribution in [2.24, 2.45) is 5.73 Å². The molecule has 0 saturated carbocycles. The summed E-state index contributed by atoms with van der Waals surface area (Å²) in [6.07, 6.45) is 0.209. The Morgan fingerprint density at radius 1 is 1.21 bits per heavy atom. The Labute approximate surface area is 113 Å². The smallest absolute Gasteiger partial charge is 0.307 e. The zero-order valence-corrected chi connectivity index (χ0v) is 11.3. The van der Waals surface area contributed by atoms with Gasteiger partial charge in [-0.15, -0.1) is 0 Å². The van der Waals surface area contributed by atoms with Crippen molar-refractivity contribution < 1.29 is 9.53 Å². The number of carbonyl (C=O) groups excluding carboxylic acids is 1. The molecule has 0 aromatic heterocycles. The zero-order chi connectivity index (χ0) is 13.8. The van der Waals surface area contributed by atoms with Gasteiger partial charge in [-0.25, -0.2) is 0 Å². The highest BCUT2D eigenvalue weighted by atomic mass is 16.5. The highest BCUT2D eigenvalue weighted by molar-refractivity contribution is 5.89. The average Bonchev–Trinajstić information content (AvgIpc) is 2.39. The second kappa shape index (κ2) is 5.85. The van der Waals surface area contributed by atoms with Gasteiger partial charge in [-0.2, -0.15) is 0 Å². The van der Waals surface area contributed by atoms with Gasteiger partial charge in [0.2, 0.25) is 0 Å². The summed E-state index contributed by atoms with van der Waals surface area (Å²) in [7, 11) is 0. The van der Waals surface area contributed by atoms with Gasteiger partial charge in [0.15, 0.2) is 0 Å². The molecule has 100 valence electrons. The molecule has 0 radical (unpaired) electrons. The summed E-state index contributed by atoms with van der Waals surface area (Å²) in [4.78, 5) is 11.5. The zero-order valence-electron chi connectivity index (χ0n) is 11.3. The molecule has 0 heterocycles. The molecule has 0 aliphatic carbocycles. The maximum atomic E-state index is 11.5. The van der Waals surface area contributed by atoms with E-state index < -0.39 is 0 Å².